The third kappa shape index (κ3) is 4.84. The van der Waals surface area contributed by atoms with E-state index in [4.69, 9.17) is 9.47 Å². The molecule has 4 aromatic rings. The number of carbonyl (C=O) groups excluding carboxylic acids is 2. The van der Waals surface area contributed by atoms with Crippen LogP contribution in [0.5, 0.6) is 5.75 Å². The van der Waals surface area contributed by atoms with Gasteiger partial charge in [0.25, 0.3) is 11.5 Å². The SMILES string of the molecule is CCCn1c(=NC(=O)C(C)Oc2ccccc2)c(C(=O)OCC)cc2c(=O)n3ccccc3nc21. The van der Waals surface area contributed by atoms with Crippen LogP contribution in [0.1, 0.15) is 37.6 Å². The average molecular weight is 475 g/mol. The highest BCUT2D eigenvalue weighted by molar-refractivity contribution is 5.94. The summed E-state index contributed by atoms with van der Waals surface area (Å²) in [4.78, 5) is 48.2. The number of carbonyl (C=O) groups is 2. The van der Waals surface area contributed by atoms with Crippen molar-refractivity contribution in [3.63, 3.8) is 0 Å². The lowest BCUT2D eigenvalue weighted by molar-refractivity contribution is -0.124. The van der Waals surface area contributed by atoms with Crippen LogP contribution in [-0.2, 0) is 16.1 Å². The van der Waals surface area contributed by atoms with E-state index in [2.05, 4.69) is 9.98 Å². The molecule has 0 fully saturated rings. The van der Waals surface area contributed by atoms with Crippen molar-refractivity contribution in [3.8, 4) is 5.75 Å². The number of rotatable bonds is 7. The minimum Gasteiger partial charge on any atom is -0.481 e. The Hall–Kier alpha value is -4.27. The monoisotopic (exact) mass is 474 g/mol. The second-order valence-electron chi connectivity index (χ2n) is 7.86. The minimum absolute atomic E-state index is 0.0165. The first-order valence-electron chi connectivity index (χ1n) is 11.5. The topological polar surface area (TPSA) is 104 Å². The Morgan fingerprint density at radius 1 is 1.09 bits per heavy atom. The smallest absolute Gasteiger partial charge is 0.341 e. The zero-order valence-electron chi connectivity index (χ0n) is 19.8. The van der Waals surface area contributed by atoms with Crippen molar-refractivity contribution in [2.24, 2.45) is 4.99 Å². The molecule has 180 valence electrons. The van der Waals surface area contributed by atoms with E-state index in [9.17, 15) is 14.4 Å². The second-order valence-corrected chi connectivity index (χ2v) is 7.86. The summed E-state index contributed by atoms with van der Waals surface area (Å²) in [5, 5.41) is 0.227. The summed E-state index contributed by atoms with van der Waals surface area (Å²) < 4.78 is 14.0. The van der Waals surface area contributed by atoms with Gasteiger partial charge in [0.15, 0.2) is 11.6 Å². The third-order valence-corrected chi connectivity index (χ3v) is 5.35. The maximum absolute atomic E-state index is 13.3. The number of hydrogen-bond donors (Lipinski definition) is 0. The van der Waals surface area contributed by atoms with Crippen molar-refractivity contribution in [2.75, 3.05) is 6.61 Å². The molecule has 0 spiro atoms. The molecule has 0 bridgehead atoms. The maximum atomic E-state index is 13.3. The van der Waals surface area contributed by atoms with Gasteiger partial charge in [0, 0.05) is 12.7 Å². The molecule has 1 atom stereocenters. The van der Waals surface area contributed by atoms with Crippen molar-refractivity contribution in [2.45, 2.75) is 39.8 Å². The number of esters is 1. The van der Waals surface area contributed by atoms with Crippen LogP contribution in [0.2, 0.25) is 0 Å². The standard InChI is InChI=1S/C26H26N4O5/c1-4-14-30-22-19(25(32)29-15-10-9-13-21(29)27-22)16-20(26(33)34-5-2)23(30)28-24(31)17(3)35-18-11-7-6-8-12-18/h6-13,15-17H,4-5,14H2,1-3H3. The van der Waals surface area contributed by atoms with Gasteiger partial charge in [0.2, 0.25) is 0 Å². The molecule has 1 aromatic carbocycles. The Balaban J connectivity index is 1.97. The molecule has 0 saturated carbocycles. The van der Waals surface area contributed by atoms with E-state index in [0.29, 0.717) is 30.0 Å². The number of hydrogen-bond acceptors (Lipinski definition) is 6. The Bertz CT molecular complexity index is 1520. The Labute approximate surface area is 201 Å². The summed E-state index contributed by atoms with van der Waals surface area (Å²) in [7, 11) is 0. The molecule has 4 rings (SSSR count). The van der Waals surface area contributed by atoms with Gasteiger partial charge in [0.1, 0.15) is 22.6 Å². The highest BCUT2D eigenvalue weighted by Gasteiger charge is 2.21. The largest absolute Gasteiger partial charge is 0.481 e. The molecule has 0 radical (unpaired) electrons. The fraction of sp³-hybridized carbons (Fsp3) is 0.269. The molecule has 35 heavy (non-hydrogen) atoms. The summed E-state index contributed by atoms with van der Waals surface area (Å²) in [6.45, 7) is 5.71. The molecule has 0 N–H and O–H groups in total. The molecular weight excluding hydrogens is 448 g/mol. The average Bonchev–Trinajstić information content (AvgIpc) is 2.86. The third-order valence-electron chi connectivity index (χ3n) is 5.35. The van der Waals surface area contributed by atoms with E-state index < -0.39 is 18.0 Å². The van der Waals surface area contributed by atoms with E-state index in [1.165, 1.54) is 10.5 Å². The van der Waals surface area contributed by atoms with Crippen LogP contribution < -0.4 is 15.8 Å². The molecule has 1 unspecified atom stereocenters. The number of ether oxygens (including phenoxy) is 2. The van der Waals surface area contributed by atoms with Crippen LogP contribution in [0.15, 0.2) is 70.6 Å². The summed E-state index contributed by atoms with van der Waals surface area (Å²) in [5.41, 5.74) is 0.539. The Morgan fingerprint density at radius 3 is 2.54 bits per heavy atom. The number of para-hydroxylation sites is 1. The quantitative estimate of drug-likeness (QED) is 0.301. The van der Waals surface area contributed by atoms with Gasteiger partial charge in [-0.25, -0.2) is 9.78 Å². The first kappa shape index (κ1) is 23.9. The highest BCUT2D eigenvalue weighted by Crippen LogP contribution is 2.14. The van der Waals surface area contributed by atoms with Gasteiger partial charge >= 0.3 is 5.97 Å². The normalized spacial score (nSPS) is 12.6. The highest BCUT2D eigenvalue weighted by atomic mass is 16.5. The fourth-order valence-electron chi connectivity index (χ4n) is 3.74. The van der Waals surface area contributed by atoms with Crippen LogP contribution in [0.4, 0.5) is 0 Å². The first-order valence-corrected chi connectivity index (χ1v) is 11.5. The predicted molar refractivity (Wildman–Crippen MR) is 130 cm³/mol. The van der Waals surface area contributed by atoms with Crippen LogP contribution >= 0.6 is 0 Å². The fourth-order valence-corrected chi connectivity index (χ4v) is 3.74. The van der Waals surface area contributed by atoms with Crippen molar-refractivity contribution < 1.29 is 19.1 Å². The van der Waals surface area contributed by atoms with Crippen LogP contribution in [0.25, 0.3) is 16.7 Å². The Morgan fingerprint density at radius 2 is 1.83 bits per heavy atom. The summed E-state index contributed by atoms with van der Waals surface area (Å²) in [6, 6.07) is 15.6. The molecule has 3 aromatic heterocycles. The van der Waals surface area contributed by atoms with E-state index >= 15 is 0 Å². The van der Waals surface area contributed by atoms with Gasteiger partial charge < -0.3 is 14.0 Å². The van der Waals surface area contributed by atoms with Crippen molar-refractivity contribution in [3.05, 3.63) is 82.2 Å². The number of pyridine rings is 2. The number of benzene rings is 1. The Kier molecular flexibility index (Phi) is 7.05. The minimum atomic E-state index is -0.909. The van der Waals surface area contributed by atoms with Gasteiger partial charge in [0.05, 0.1) is 12.0 Å². The zero-order chi connectivity index (χ0) is 24.9. The number of fused-ring (bicyclic) bond motifs is 2. The number of amides is 1. The lowest BCUT2D eigenvalue weighted by atomic mass is 10.2. The first-order chi connectivity index (χ1) is 16.9. The number of aryl methyl sites for hydroxylation is 1. The number of nitrogens with zero attached hydrogens (tertiary/aromatic N) is 4. The lowest BCUT2D eigenvalue weighted by Gasteiger charge is -2.15. The van der Waals surface area contributed by atoms with Crippen molar-refractivity contribution in [1.29, 1.82) is 0 Å². The molecule has 0 aliphatic carbocycles. The van der Waals surface area contributed by atoms with Gasteiger partial charge in [-0.05, 0) is 50.6 Å². The molecular formula is C26H26N4O5. The van der Waals surface area contributed by atoms with Crippen LogP contribution in [0.3, 0.4) is 0 Å². The predicted octanol–water partition coefficient (Wildman–Crippen LogP) is 3.13. The second kappa shape index (κ2) is 10.3. The summed E-state index contributed by atoms with van der Waals surface area (Å²) >= 11 is 0. The van der Waals surface area contributed by atoms with E-state index in [1.807, 2.05) is 13.0 Å². The van der Waals surface area contributed by atoms with Gasteiger partial charge in [-0.2, -0.15) is 4.99 Å². The molecule has 0 aliphatic rings. The zero-order valence-corrected chi connectivity index (χ0v) is 19.8. The molecule has 9 nitrogen and oxygen atoms in total. The lowest BCUT2D eigenvalue weighted by Crippen LogP contribution is -2.34. The van der Waals surface area contributed by atoms with Crippen molar-refractivity contribution >= 4 is 28.6 Å². The summed E-state index contributed by atoms with van der Waals surface area (Å²) in [5.74, 6) is -0.739. The molecule has 0 saturated heterocycles. The van der Waals surface area contributed by atoms with E-state index in [-0.39, 0.29) is 28.6 Å². The van der Waals surface area contributed by atoms with E-state index in [0.717, 1.165) is 0 Å². The molecule has 9 heteroatoms. The van der Waals surface area contributed by atoms with Gasteiger partial charge in [-0.15, -0.1) is 0 Å². The van der Waals surface area contributed by atoms with Gasteiger partial charge in [-0.1, -0.05) is 31.2 Å². The van der Waals surface area contributed by atoms with Crippen LogP contribution in [0, 0.1) is 0 Å². The van der Waals surface area contributed by atoms with E-state index in [1.54, 1.807) is 67.1 Å². The van der Waals surface area contributed by atoms with Gasteiger partial charge in [-0.3, -0.25) is 14.0 Å². The van der Waals surface area contributed by atoms with Crippen molar-refractivity contribution in [1.82, 2.24) is 14.0 Å². The summed E-state index contributed by atoms with van der Waals surface area (Å²) in [6.07, 6.45) is 1.35. The van der Waals surface area contributed by atoms with Crippen LogP contribution in [-0.4, -0.2) is 38.5 Å². The molecule has 1 amide bonds. The molecule has 0 aliphatic heterocycles. The molecule has 3 heterocycles. The maximum Gasteiger partial charge on any atom is 0.341 e. The number of aromatic nitrogens is 3.